The van der Waals surface area contributed by atoms with E-state index in [1.54, 1.807) is 32.4 Å². The van der Waals surface area contributed by atoms with Crippen molar-refractivity contribution in [1.29, 1.82) is 0 Å². The summed E-state index contributed by atoms with van der Waals surface area (Å²) < 4.78 is 10.8. The predicted molar refractivity (Wildman–Crippen MR) is 120 cm³/mol. The van der Waals surface area contributed by atoms with Crippen LogP contribution in [0.3, 0.4) is 0 Å². The summed E-state index contributed by atoms with van der Waals surface area (Å²) in [5, 5.41) is 0. The molecule has 0 spiro atoms. The third-order valence-electron chi connectivity index (χ3n) is 5.96. The minimum absolute atomic E-state index is 0.269. The fourth-order valence-electron chi connectivity index (χ4n) is 4.46. The van der Waals surface area contributed by atoms with Crippen LogP contribution >= 0.6 is 0 Å². The maximum Gasteiger partial charge on any atom is 0.282 e. The zero-order chi connectivity index (χ0) is 22.1. The Morgan fingerprint density at radius 3 is 2.42 bits per heavy atom. The van der Waals surface area contributed by atoms with Crippen molar-refractivity contribution in [3.8, 4) is 11.5 Å². The molecule has 1 saturated heterocycles. The Morgan fingerprint density at radius 1 is 0.968 bits per heavy atom. The van der Waals surface area contributed by atoms with Gasteiger partial charge < -0.3 is 14.4 Å². The highest BCUT2D eigenvalue weighted by molar-refractivity contribution is 6.45. The molecule has 0 bridgehead atoms. The molecule has 0 aromatic heterocycles. The molecule has 2 amide bonds. The topological polar surface area (TPSA) is 59.1 Å². The zero-order valence-corrected chi connectivity index (χ0v) is 18.5. The average Bonchev–Trinajstić information content (AvgIpc) is 3.03. The molecule has 0 aliphatic carbocycles. The highest BCUT2D eigenvalue weighted by Crippen LogP contribution is 2.39. The summed E-state index contributed by atoms with van der Waals surface area (Å²) in [7, 11) is 3.13. The van der Waals surface area contributed by atoms with E-state index in [2.05, 4.69) is 11.8 Å². The number of carbonyl (C=O) groups is 2. The van der Waals surface area contributed by atoms with Crippen molar-refractivity contribution in [2.24, 2.45) is 5.92 Å². The smallest absolute Gasteiger partial charge is 0.282 e. The number of benzene rings is 2. The van der Waals surface area contributed by atoms with Crippen molar-refractivity contribution in [1.82, 2.24) is 4.90 Å². The van der Waals surface area contributed by atoms with Gasteiger partial charge in [-0.1, -0.05) is 25.1 Å². The molecule has 0 saturated carbocycles. The van der Waals surface area contributed by atoms with Gasteiger partial charge in [-0.05, 0) is 61.1 Å². The SMILES string of the molecule is COc1ccc(C2=C(N3CCCC(C)C3)C(=O)N(c3cccc(C)c3)C2=O)cc1OC. The standard InChI is InChI=1S/C25H28N2O4/c1-16-7-5-9-19(13-16)27-24(28)22(18-10-11-20(30-3)21(14-18)31-4)23(25(27)29)26-12-6-8-17(2)15-26/h5,7,9-11,13-14,17H,6,8,12,15H2,1-4H3. The molecule has 1 fully saturated rings. The van der Waals surface area contributed by atoms with Gasteiger partial charge in [0, 0.05) is 13.1 Å². The van der Waals surface area contributed by atoms with Gasteiger partial charge in [0.2, 0.25) is 0 Å². The van der Waals surface area contributed by atoms with Gasteiger partial charge in [0.1, 0.15) is 5.70 Å². The van der Waals surface area contributed by atoms with Gasteiger partial charge in [0.15, 0.2) is 11.5 Å². The Kier molecular flexibility index (Phi) is 5.72. The fraction of sp³-hybridized carbons (Fsp3) is 0.360. The molecule has 2 aliphatic heterocycles. The van der Waals surface area contributed by atoms with Crippen LogP contribution in [-0.4, -0.2) is 44.0 Å². The Morgan fingerprint density at radius 2 is 1.74 bits per heavy atom. The molecule has 31 heavy (non-hydrogen) atoms. The lowest BCUT2D eigenvalue weighted by molar-refractivity contribution is -0.120. The van der Waals surface area contributed by atoms with Crippen LogP contribution in [0, 0.1) is 12.8 Å². The number of likely N-dealkylation sites (tertiary alicyclic amines) is 1. The van der Waals surface area contributed by atoms with Gasteiger partial charge in [-0.15, -0.1) is 0 Å². The lowest BCUT2D eigenvalue weighted by Crippen LogP contribution is -2.39. The minimum Gasteiger partial charge on any atom is -0.493 e. The summed E-state index contributed by atoms with van der Waals surface area (Å²) >= 11 is 0. The third-order valence-corrected chi connectivity index (χ3v) is 5.96. The average molecular weight is 421 g/mol. The van der Waals surface area contributed by atoms with Crippen LogP contribution in [0.15, 0.2) is 48.2 Å². The summed E-state index contributed by atoms with van der Waals surface area (Å²) in [6, 6.07) is 12.8. The number of carbonyl (C=O) groups excluding carboxylic acids is 2. The summed E-state index contributed by atoms with van der Waals surface area (Å²) in [5.74, 6) is 0.981. The molecule has 6 heteroatoms. The number of aryl methyl sites for hydroxylation is 1. The first-order valence-corrected chi connectivity index (χ1v) is 10.6. The number of piperidine rings is 1. The van der Waals surface area contributed by atoms with Crippen LogP contribution in [0.5, 0.6) is 11.5 Å². The molecular formula is C25H28N2O4. The third kappa shape index (κ3) is 3.78. The first kappa shape index (κ1) is 21.0. The van der Waals surface area contributed by atoms with Crippen LogP contribution in [0.4, 0.5) is 5.69 Å². The largest absolute Gasteiger partial charge is 0.493 e. The van der Waals surface area contributed by atoms with Gasteiger partial charge in [-0.2, -0.15) is 0 Å². The van der Waals surface area contributed by atoms with Crippen molar-refractivity contribution in [2.45, 2.75) is 26.7 Å². The van der Waals surface area contributed by atoms with E-state index in [-0.39, 0.29) is 11.8 Å². The minimum atomic E-state index is -0.309. The van der Waals surface area contributed by atoms with Gasteiger partial charge in [-0.25, -0.2) is 4.90 Å². The van der Waals surface area contributed by atoms with Crippen molar-refractivity contribution >= 4 is 23.1 Å². The molecule has 162 valence electrons. The number of hydrogen-bond acceptors (Lipinski definition) is 5. The maximum absolute atomic E-state index is 13.7. The number of amides is 2. The number of methoxy groups -OCH3 is 2. The lowest BCUT2D eigenvalue weighted by atomic mass is 9.97. The van der Waals surface area contributed by atoms with E-state index < -0.39 is 0 Å². The van der Waals surface area contributed by atoms with E-state index >= 15 is 0 Å². The highest BCUT2D eigenvalue weighted by atomic mass is 16.5. The van der Waals surface area contributed by atoms with Crippen LogP contribution in [0.2, 0.25) is 0 Å². The second-order valence-electron chi connectivity index (χ2n) is 8.27. The van der Waals surface area contributed by atoms with Crippen LogP contribution in [0.25, 0.3) is 5.57 Å². The van der Waals surface area contributed by atoms with Crippen molar-refractivity contribution in [2.75, 3.05) is 32.2 Å². The molecule has 0 radical (unpaired) electrons. The van der Waals surface area contributed by atoms with Gasteiger partial charge >= 0.3 is 0 Å². The van der Waals surface area contributed by atoms with E-state index in [0.29, 0.717) is 39.9 Å². The molecule has 2 aliphatic rings. The molecule has 0 N–H and O–H groups in total. The summed E-state index contributed by atoms with van der Waals surface area (Å²) in [6.07, 6.45) is 2.12. The molecule has 2 heterocycles. The van der Waals surface area contributed by atoms with E-state index in [4.69, 9.17) is 9.47 Å². The summed E-state index contributed by atoms with van der Waals surface area (Å²) in [6.45, 7) is 5.65. The number of hydrogen-bond donors (Lipinski definition) is 0. The highest BCUT2D eigenvalue weighted by Gasteiger charge is 2.43. The lowest BCUT2D eigenvalue weighted by Gasteiger charge is -2.33. The Balaban J connectivity index is 1.86. The van der Waals surface area contributed by atoms with Crippen LogP contribution < -0.4 is 14.4 Å². The number of ether oxygens (including phenoxy) is 2. The second kappa shape index (κ2) is 8.46. The number of imide groups is 1. The Labute approximate surface area is 183 Å². The van der Waals surface area contributed by atoms with Crippen molar-refractivity contribution in [3.63, 3.8) is 0 Å². The first-order valence-electron chi connectivity index (χ1n) is 10.6. The van der Waals surface area contributed by atoms with E-state index in [1.807, 2.05) is 31.2 Å². The molecule has 1 atom stereocenters. The number of rotatable bonds is 5. The molecule has 6 nitrogen and oxygen atoms in total. The quantitative estimate of drug-likeness (QED) is 0.684. The van der Waals surface area contributed by atoms with Gasteiger partial charge in [0.25, 0.3) is 11.8 Å². The Bertz CT molecular complexity index is 1060. The second-order valence-corrected chi connectivity index (χ2v) is 8.27. The summed E-state index contributed by atoms with van der Waals surface area (Å²) in [4.78, 5) is 30.7. The van der Waals surface area contributed by atoms with Crippen molar-refractivity contribution in [3.05, 3.63) is 59.3 Å². The molecule has 1 unspecified atom stereocenters. The predicted octanol–water partition coefficient (Wildman–Crippen LogP) is 4.03. The molecular weight excluding hydrogens is 392 g/mol. The van der Waals surface area contributed by atoms with Crippen LogP contribution in [0.1, 0.15) is 30.9 Å². The molecule has 2 aromatic carbocycles. The molecule has 2 aromatic rings. The number of anilines is 1. The fourth-order valence-corrected chi connectivity index (χ4v) is 4.46. The van der Waals surface area contributed by atoms with Gasteiger partial charge in [-0.3, -0.25) is 9.59 Å². The zero-order valence-electron chi connectivity index (χ0n) is 18.5. The van der Waals surface area contributed by atoms with Crippen LogP contribution in [-0.2, 0) is 9.59 Å². The van der Waals surface area contributed by atoms with E-state index in [1.165, 1.54) is 4.90 Å². The van der Waals surface area contributed by atoms with Crippen molar-refractivity contribution < 1.29 is 19.1 Å². The first-order chi connectivity index (χ1) is 14.9. The normalized spacial score (nSPS) is 19.3. The number of nitrogens with zero attached hydrogens (tertiary/aromatic N) is 2. The summed E-state index contributed by atoms with van der Waals surface area (Å²) in [5.41, 5.74) is 3.13. The van der Waals surface area contributed by atoms with Gasteiger partial charge in [0.05, 0.1) is 25.5 Å². The maximum atomic E-state index is 13.7. The van der Waals surface area contributed by atoms with E-state index in [0.717, 1.165) is 31.5 Å². The van der Waals surface area contributed by atoms with E-state index in [9.17, 15) is 9.59 Å². The Hall–Kier alpha value is -3.28. The molecule has 4 rings (SSSR count). The monoisotopic (exact) mass is 420 g/mol.